The number of hydrogen-bond donors (Lipinski definition) is 3. The van der Waals surface area contributed by atoms with E-state index in [1.54, 1.807) is 19.9 Å². The van der Waals surface area contributed by atoms with Gasteiger partial charge in [0, 0.05) is 31.9 Å². The van der Waals surface area contributed by atoms with Crippen LogP contribution < -0.4 is 16.5 Å². The van der Waals surface area contributed by atoms with Crippen LogP contribution in [0.4, 0.5) is 14.6 Å². The summed E-state index contributed by atoms with van der Waals surface area (Å²) in [6.45, 7) is 5.57. The van der Waals surface area contributed by atoms with Crippen LogP contribution >= 0.6 is 0 Å². The number of pyridine rings is 2. The fraction of sp³-hybridized carbons (Fsp3) is 0.400. The molecular formula is C25H30F2N6O4. The van der Waals surface area contributed by atoms with Crippen molar-refractivity contribution in [1.82, 2.24) is 25.7 Å². The van der Waals surface area contributed by atoms with Crippen LogP contribution in [-0.4, -0.2) is 52.0 Å². The van der Waals surface area contributed by atoms with Crippen molar-refractivity contribution in [2.75, 3.05) is 18.8 Å². The summed E-state index contributed by atoms with van der Waals surface area (Å²) in [6, 6.07) is 5.82. The number of carbonyl (C=O) groups is 3. The fourth-order valence-electron chi connectivity index (χ4n) is 4.03. The highest BCUT2D eigenvalue weighted by Gasteiger charge is 2.39. The SMILES string of the molecule is CC(=O)OC(C(=O)NCc1c(C)cc(N)nc1C)C1=C(C)CCN(NCC(F)(F)c2ccccn2)C1=O. The number of nitrogens with zero attached hydrogens (tertiary/aromatic N) is 3. The molecule has 0 saturated heterocycles. The first-order chi connectivity index (χ1) is 17.4. The number of halogens is 2. The minimum absolute atomic E-state index is 0.0559. The van der Waals surface area contributed by atoms with Crippen molar-refractivity contribution >= 4 is 23.6 Å². The van der Waals surface area contributed by atoms with E-state index in [-0.39, 0.29) is 25.1 Å². The van der Waals surface area contributed by atoms with Crippen LogP contribution in [0, 0.1) is 13.8 Å². The number of ether oxygens (including phenoxy) is 1. The van der Waals surface area contributed by atoms with Crippen LogP contribution in [0.1, 0.15) is 42.8 Å². The number of carbonyl (C=O) groups excluding carboxylic acids is 3. The Kier molecular flexibility index (Phi) is 8.53. The lowest BCUT2D eigenvalue weighted by atomic mass is 9.96. The van der Waals surface area contributed by atoms with Crippen LogP contribution in [0.25, 0.3) is 0 Å². The minimum atomic E-state index is -3.35. The van der Waals surface area contributed by atoms with Gasteiger partial charge >= 0.3 is 11.9 Å². The molecule has 2 amide bonds. The Balaban J connectivity index is 1.77. The van der Waals surface area contributed by atoms with Crippen LogP contribution in [-0.2, 0) is 31.6 Å². The largest absolute Gasteiger partial charge is 0.447 e. The summed E-state index contributed by atoms with van der Waals surface area (Å²) in [6.07, 6.45) is -0.0205. The molecule has 12 heteroatoms. The molecule has 0 aromatic carbocycles. The Morgan fingerprint density at radius 3 is 2.62 bits per heavy atom. The lowest BCUT2D eigenvalue weighted by Crippen LogP contribution is -2.53. The van der Waals surface area contributed by atoms with Crippen LogP contribution in [0.5, 0.6) is 0 Å². The quantitative estimate of drug-likeness (QED) is 0.431. The molecular weight excluding hydrogens is 486 g/mol. The van der Waals surface area contributed by atoms with E-state index in [1.165, 1.54) is 24.4 Å². The number of amides is 2. The number of hydrazine groups is 1. The van der Waals surface area contributed by atoms with E-state index in [0.717, 1.165) is 23.1 Å². The Morgan fingerprint density at radius 1 is 1.27 bits per heavy atom. The number of aromatic nitrogens is 2. The molecule has 0 saturated carbocycles. The Morgan fingerprint density at radius 2 is 2.00 bits per heavy atom. The molecule has 2 aromatic rings. The average molecular weight is 517 g/mol. The molecule has 4 N–H and O–H groups in total. The molecule has 0 spiro atoms. The normalized spacial score (nSPS) is 15.0. The van der Waals surface area contributed by atoms with Gasteiger partial charge in [0.25, 0.3) is 11.8 Å². The third-order valence-electron chi connectivity index (χ3n) is 5.97. The lowest BCUT2D eigenvalue weighted by Gasteiger charge is -2.33. The summed E-state index contributed by atoms with van der Waals surface area (Å²) in [7, 11) is 0. The lowest BCUT2D eigenvalue weighted by molar-refractivity contribution is -0.153. The maximum atomic E-state index is 14.6. The molecule has 1 aliphatic heterocycles. The van der Waals surface area contributed by atoms with Gasteiger partial charge < -0.3 is 15.8 Å². The van der Waals surface area contributed by atoms with E-state index < -0.39 is 42.0 Å². The van der Waals surface area contributed by atoms with E-state index in [2.05, 4.69) is 20.7 Å². The molecule has 1 atom stereocenters. The standard InChI is InChI=1S/C25H30F2N6O4/c1-14-8-10-33(31-13-25(26,27)19-7-5-6-9-29-19)24(36)21(14)22(37-17(4)34)23(35)30-12-18-15(2)11-20(28)32-16(18)3/h5-7,9,11,22,31H,8,10,12-13H2,1-4H3,(H2,28,32)(H,30,35). The molecule has 37 heavy (non-hydrogen) atoms. The average Bonchev–Trinajstić information content (AvgIpc) is 2.82. The number of rotatable bonds is 9. The number of anilines is 1. The second-order valence-corrected chi connectivity index (χ2v) is 8.79. The third kappa shape index (κ3) is 6.64. The van der Waals surface area contributed by atoms with Gasteiger partial charge in [-0.1, -0.05) is 11.6 Å². The van der Waals surface area contributed by atoms with Gasteiger partial charge in [0.1, 0.15) is 11.5 Å². The number of alkyl halides is 2. The number of esters is 1. The maximum absolute atomic E-state index is 14.6. The van der Waals surface area contributed by atoms with Crippen molar-refractivity contribution in [3.05, 3.63) is 64.1 Å². The predicted molar refractivity (Wildman–Crippen MR) is 131 cm³/mol. The highest BCUT2D eigenvalue weighted by Crippen LogP contribution is 2.27. The van der Waals surface area contributed by atoms with Crippen molar-refractivity contribution in [2.45, 2.75) is 52.7 Å². The van der Waals surface area contributed by atoms with Crippen molar-refractivity contribution in [2.24, 2.45) is 0 Å². The topological polar surface area (TPSA) is 140 Å². The molecule has 0 aliphatic carbocycles. The summed E-state index contributed by atoms with van der Waals surface area (Å²) in [5.41, 5.74) is 10.3. The van der Waals surface area contributed by atoms with Gasteiger partial charge in [-0.2, -0.15) is 8.78 Å². The molecule has 2 aromatic heterocycles. The zero-order valence-electron chi connectivity index (χ0n) is 21.1. The molecule has 0 radical (unpaired) electrons. The summed E-state index contributed by atoms with van der Waals surface area (Å²) in [5, 5.41) is 3.69. The van der Waals surface area contributed by atoms with E-state index >= 15 is 0 Å². The Hall–Kier alpha value is -3.93. The molecule has 3 rings (SSSR count). The number of nitrogen functional groups attached to an aromatic ring is 1. The molecule has 0 bridgehead atoms. The Bertz CT molecular complexity index is 1200. The van der Waals surface area contributed by atoms with Gasteiger partial charge in [-0.05, 0) is 56.5 Å². The second-order valence-electron chi connectivity index (χ2n) is 8.79. The first-order valence-electron chi connectivity index (χ1n) is 11.6. The maximum Gasteiger partial charge on any atom is 0.303 e. The number of nitrogens with two attached hydrogens (primary N) is 1. The predicted octanol–water partition coefficient (Wildman–Crippen LogP) is 2.07. The van der Waals surface area contributed by atoms with Gasteiger partial charge in [-0.25, -0.2) is 10.4 Å². The highest BCUT2D eigenvalue weighted by molar-refractivity contribution is 6.03. The van der Waals surface area contributed by atoms with Crippen molar-refractivity contribution in [3.8, 4) is 0 Å². The van der Waals surface area contributed by atoms with Crippen LogP contribution in [0.15, 0.2) is 41.6 Å². The smallest absolute Gasteiger partial charge is 0.303 e. The number of nitrogens with one attached hydrogen (secondary N) is 2. The van der Waals surface area contributed by atoms with E-state index in [4.69, 9.17) is 10.5 Å². The van der Waals surface area contributed by atoms with Gasteiger partial charge in [0.2, 0.25) is 6.10 Å². The molecule has 1 unspecified atom stereocenters. The van der Waals surface area contributed by atoms with E-state index in [0.29, 0.717) is 17.1 Å². The number of aryl methyl sites for hydroxylation is 2. The summed E-state index contributed by atoms with van der Waals surface area (Å²) >= 11 is 0. The second kappa shape index (κ2) is 11.4. The summed E-state index contributed by atoms with van der Waals surface area (Å²) < 4.78 is 34.4. The molecule has 10 nitrogen and oxygen atoms in total. The zero-order valence-corrected chi connectivity index (χ0v) is 21.1. The highest BCUT2D eigenvalue weighted by atomic mass is 19.3. The third-order valence-corrected chi connectivity index (χ3v) is 5.97. The van der Waals surface area contributed by atoms with Crippen molar-refractivity contribution in [3.63, 3.8) is 0 Å². The van der Waals surface area contributed by atoms with E-state index in [1.807, 2.05) is 6.92 Å². The molecule has 3 heterocycles. The van der Waals surface area contributed by atoms with Gasteiger partial charge in [-0.3, -0.25) is 24.4 Å². The zero-order chi connectivity index (χ0) is 27.3. The molecule has 1 aliphatic rings. The van der Waals surface area contributed by atoms with Gasteiger partial charge in [0.15, 0.2) is 0 Å². The molecule has 198 valence electrons. The summed E-state index contributed by atoms with van der Waals surface area (Å²) in [4.78, 5) is 46.1. The van der Waals surface area contributed by atoms with Gasteiger partial charge in [-0.15, -0.1) is 0 Å². The fourth-order valence-corrected chi connectivity index (χ4v) is 4.03. The molecule has 0 fully saturated rings. The first kappa shape index (κ1) is 27.7. The van der Waals surface area contributed by atoms with Crippen molar-refractivity contribution in [1.29, 1.82) is 0 Å². The van der Waals surface area contributed by atoms with Crippen LogP contribution in [0.3, 0.4) is 0 Å². The number of hydrogen-bond acceptors (Lipinski definition) is 8. The monoisotopic (exact) mass is 516 g/mol. The van der Waals surface area contributed by atoms with E-state index in [9.17, 15) is 23.2 Å². The first-order valence-corrected chi connectivity index (χ1v) is 11.6. The Labute approximate surface area is 213 Å². The minimum Gasteiger partial charge on any atom is -0.447 e. The van der Waals surface area contributed by atoms with Crippen molar-refractivity contribution < 1.29 is 27.9 Å². The van der Waals surface area contributed by atoms with Gasteiger partial charge in [0.05, 0.1) is 12.1 Å². The summed E-state index contributed by atoms with van der Waals surface area (Å²) in [5.74, 6) is -5.25. The van der Waals surface area contributed by atoms with Crippen LogP contribution in [0.2, 0.25) is 0 Å².